The van der Waals surface area contributed by atoms with Gasteiger partial charge in [-0.3, -0.25) is 9.78 Å². The molecule has 5 aromatic rings. The Morgan fingerprint density at radius 2 is 1.81 bits per heavy atom. The van der Waals surface area contributed by atoms with E-state index >= 15 is 0 Å². The van der Waals surface area contributed by atoms with Crippen molar-refractivity contribution in [2.45, 2.75) is 6.92 Å². The maximum Gasteiger partial charge on any atom is 0.291 e. The van der Waals surface area contributed by atoms with Gasteiger partial charge >= 0.3 is 0 Å². The number of ether oxygens (including phenoxy) is 1. The standard InChI is InChI=1S/C25H18ClN3O2/c1-14-18-13-20(31-2)25(30)29-24(18)28-23(15-7-4-3-5-8-15)21(14)17-11-16-9-6-10-27-22(16)19(26)12-17/h3-13H,1-2H3,(H,28,29,30). The molecule has 0 spiro atoms. The van der Waals surface area contributed by atoms with E-state index in [0.717, 1.165) is 44.2 Å². The van der Waals surface area contributed by atoms with Crippen molar-refractivity contribution in [2.75, 3.05) is 7.11 Å². The summed E-state index contributed by atoms with van der Waals surface area (Å²) in [4.78, 5) is 24.4. The van der Waals surface area contributed by atoms with Crippen LogP contribution in [0.25, 0.3) is 44.3 Å². The molecule has 5 nitrogen and oxygen atoms in total. The Morgan fingerprint density at radius 1 is 1.00 bits per heavy atom. The van der Waals surface area contributed by atoms with Gasteiger partial charge in [-0.15, -0.1) is 0 Å². The minimum atomic E-state index is -0.312. The van der Waals surface area contributed by atoms with Crippen molar-refractivity contribution in [3.63, 3.8) is 0 Å². The number of fused-ring (bicyclic) bond motifs is 2. The van der Waals surface area contributed by atoms with Crippen LogP contribution in [-0.4, -0.2) is 22.1 Å². The van der Waals surface area contributed by atoms with Gasteiger partial charge in [0.15, 0.2) is 5.75 Å². The molecule has 5 rings (SSSR count). The first-order valence-electron chi connectivity index (χ1n) is 9.78. The first kappa shape index (κ1) is 19.3. The van der Waals surface area contributed by atoms with Gasteiger partial charge in [0.2, 0.25) is 0 Å². The average molecular weight is 428 g/mol. The molecule has 0 aliphatic rings. The van der Waals surface area contributed by atoms with Crippen molar-refractivity contribution in [3.8, 4) is 28.1 Å². The molecule has 0 radical (unpaired) electrons. The molecule has 6 heteroatoms. The van der Waals surface area contributed by atoms with E-state index < -0.39 is 0 Å². The highest BCUT2D eigenvalue weighted by Crippen LogP contribution is 2.39. The fourth-order valence-corrected chi connectivity index (χ4v) is 4.23. The normalized spacial score (nSPS) is 11.2. The number of nitrogens with zero attached hydrogens (tertiary/aromatic N) is 2. The van der Waals surface area contributed by atoms with Gasteiger partial charge in [-0.1, -0.05) is 48.0 Å². The summed E-state index contributed by atoms with van der Waals surface area (Å²) in [5.41, 5.74) is 5.52. The summed E-state index contributed by atoms with van der Waals surface area (Å²) in [6, 6.07) is 19.5. The quantitative estimate of drug-likeness (QED) is 0.396. The fraction of sp³-hybridized carbons (Fsp3) is 0.0800. The molecular weight excluding hydrogens is 410 g/mol. The second-order valence-corrected chi connectivity index (χ2v) is 7.70. The van der Waals surface area contributed by atoms with Crippen LogP contribution in [-0.2, 0) is 0 Å². The summed E-state index contributed by atoms with van der Waals surface area (Å²) in [5.74, 6) is 0.247. The first-order chi connectivity index (χ1) is 15.1. The molecule has 152 valence electrons. The molecule has 3 aromatic heterocycles. The van der Waals surface area contributed by atoms with Crippen LogP contribution in [0.3, 0.4) is 0 Å². The molecule has 0 saturated heterocycles. The van der Waals surface area contributed by atoms with Gasteiger partial charge in [0.05, 0.1) is 23.3 Å². The number of aromatic amines is 1. The number of aryl methyl sites for hydroxylation is 1. The highest BCUT2D eigenvalue weighted by Gasteiger charge is 2.19. The van der Waals surface area contributed by atoms with Crippen molar-refractivity contribution < 1.29 is 4.74 Å². The Kier molecular flexibility index (Phi) is 4.68. The molecule has 2 aromatic carbocycles. The molecule has 0 aliphatic carbocycles. The van der Waals surface area contributed by atoms with Gasteiger partial charge in [-0.25, -0.2) is 4.98 Å². The van der Waals surface area contributed by atoms with E-state index in [1.807, 2.05) is 55.5 Å². The molecule has 0 aliphatic heterocycles. The smallest absolute Gasteiger partial charge is 0.291 e. The zero-order valence-corrected chi connectivity index (χ0v) is 17.7. The van der Waals surface area contributed by atoms with E-state index in [4.69, 9.17) is 21.3 Å². The number of aromatic nitrogens is 3. The second-order valence-electron chi connectivity index (χ2n) is 7.29. The van der Waals surface area contributed by atoms with E-state index in [-0.39, 0.29) is 11.3 Å². The van der Waals surface area contributed by atoms with E-state index in [1.54, 1.807) is 12.3 Å². The third-order valence-corrected chi connectivity index (χ3v) is 5.73. The van der Waals surface area contributed by atoms with Crippen LogP contribution in [0.4, 0.5) is 0 Å². The topological polar surface area (TPSA) is 67.9 Å². The summed E-state index contributed by atoms with van der Waals surface area (Å²) in [6.45, 7) is 2.02. The number of hydrogen-bond acceptors (Lipinski definition) is 4. The van der Waals surface area contributed by atoms with Crippen LogP contribution in [0.1, 0.15) is 5.56 Å². The summed E-state index contributed by atoms with van der Waals surface area (Å²) >= 11 is 6.60. The number of hydrogen-bond donors (Lipinski definition) is 1. The van der Waals surface area contributed by atoms with Crippen LogP contribution in [0.2, 0.25) is 5.02 Å². The largest absolute Gasteiger partial charge is 0.491 e. The number of pyridine rings is 3. The summed E-state index contributed by atoms with van der Waals surface area (Å²) in [7, 11) is 1.48. The first-order valence-corrected chi connectivity index (χ1v) is 10.2. The zero-order chi connectivity index (χ0) is 21.5. The highest BCUT2D eigenvalue weighted by atomic mass is 35.5. The molecule has 0 bridgehead atoms. The van der Waals surface area contributed by atoms with Gasteiger partial charge < -0.3 is 9.72 Å². The summed E-state index contributed by atoms with van der Waals surface area (Å²) < 4.78 is 5.24. The number of halogens is 1. The summed E-state index contributed by atoms with van der Waals surface area (Å²) in [5, 5.41) is 2.33. The molecular formula is C25H18ClN3O2. The van der Waals surface area contributed by atoms with E-state index in [9.17, 15) is 4.79 Å². The minimum absolute atomic E-state index is 0.247. The van der Waals surface area contributed by atoms with Crippen LogP contribution < -0.4 is 10.3 Å². The Labute approximate surface area is 183 Å². The lowest BCUT2D eigenvalue weighted by Gasteiger charge is -2.16. The molecule has 3 heterocycles. The van der Waals surface area contributed by atoms with Crippen molar-refractivity contribution in [2.24, 2.45) is 0 Å². The predicted octanol–water partition coefficient (Wildman–Crippen LogP) is 5.78. The van der Waals surface area contributed by atoms with Crippen molar-refractivity contribution in [3.05, 3.63) is 87.8 Å². The lowest BCUT2D eigenvalue weighted by Crippen LogP contribution is -2.10. The maximum absolute atomic E-state index is 12.3. The predicted molar refractivity (Wildman–Crippen MR) is 125 cm³/mol. The van der Waals surface area contributed by atoms with Crippen LogP contribution in [0.5, 0.6) is 5.75 Å². The number of methoxy groups -OCH3 is 1. The van der Waals surface area contributed by atoms with Crippen LogP contribution in [0.15, 0.2) is 71.7 Å². The minimum Gasteiger partial charge on any atom is -0.491 e. The van der Waals surface area contributed by atoms with E-state index in [0.29, 0.717) is 10.7 Å². The van der Waals surface area contributed by atoms with Crippen molar-refractivity contribution >= 4 is 33.5 Å². The number of nitrogens with one attached hydrogen (secondary N) is 1. The molecule has 0 unspecified atom stereocenters. The Bertz CT molecular complexity index is 1510. The number of H-pyrrole nitrogens is 1. The number of benzene rings is 2. The number of rotatable bonds is 3. The van der Waals surface area contributed by atoms with Crippen LogP contribution >= 0.6 is 11.6 Å². The third-order valence-electron chi connectivity index (χ3n) is 5.44. The maximum atomic E-state index is 12.3. The molecule has 1 N–H and O–H groups in total. The van der Waals surface area contributed by atoms with Crippen LogP contribution in [0, 0.1) is 6.92 Å². The SMILES string of the molecule is COc1cc2c(C)c(-c3cc(Cl)c4ncccc4c3)c(-c3ccccc3)nc2[nH]c1=O. The zero-order valence-electron chi connectivity index (χ0n) is 16.9. The molecule has 0 atom stereocenters. The van der Waals surface area contributed by atoms with Crippen molar-refractivity contribution in [1.29, 1.82) is 0 Å². The van der Waals surface area contributed by atoms with Crippen molar-refractivity contribution in [1.82, 2.24) is 15.0 Å². The lowest BCUT2D eigenvalue weighted by molar-refractivity contribution is 0.409. The second kappa shape index (κ2) is 7.52. The fourth-order valence-electron chi connectivity index (χ4n) is 3.96. The van der Waals surface area contributed by atoms with E-state index in [1.165, 1.54) is 7.11 Å². The third kappa shape index (κ3) is 3.23. The van der Waals surface area contributed by atoms with Gasteiger partial charge in [0.1, 0.15) is 5.65 Å². The molecule has 0 fully saturated rings. The summed E-state index contributed by atoms with van der Waals surface area (Å²) in [6.07, 6.45) is 1.73. The Hall–Kier alpha value is -3.70. The average Bonchev–Trinajstić information content (AvgIpc) is 2.79. The van der Waals surface area contributed by atoms with E-state index in [2.05, 4.69) is 16.0 Å². The van der Waals surface area contributed by atoms with Gasteiger partial charge in [-0.05, 0) is 42.3 Å². The molecule has 0 saturated carbocycles. The Morgan fingerprint density at radius 3 is 2.58 bits per heavy atom. The lowest BCUT2D eigenvalue weighted by atomic mass is 9.92. The van der Waals surface area contributed by atoms with Gasteiger partial charge in [0, 0.05) is 28.1 Å². The van der Waals surface area contributed by atoms with Gasteiger partial charge in [0.25, 0.3) is 5.56 Å². The Balaban J connectivity index is 1.91. The highest BCUT2D eigenvalue weighted by molar-refractivity contribution is 6.35. The monoisotopic (exact) mass is 427 g/mol. The molecule has 31 heavy (non-hydrogen) atoms. The molecule has 0 amide bonds. The van der Waals surface area contributed by atoms with Gasteiger partial charge in [-0.2, -0.15) is 0 Å².